The minimum atomic E-state index is -3.30. The average molecular weight is 307 g/mol. The van der Waals surface area contributed by atoms with Gasteiger partial charge < -0.3 is 14.6 Å². The molecule has 1 aliphatic heterocycles. The highest BCUT2D eigenvalue weighted by atomic mass is 32.2. The molecule has 6 nitrogen and oxygen atoms in total. The molecule has 0 atom stereocenters. The number of fused-ring (bicyclic) bond motifs is 1. The topological polar surface area (TPSA) is 72.7 Å². The lowest BCUT2D eigenvalue weighted by Gasteiger charge is -2.09. The molecule has 0 unspecified atom stereocenters. The van der Waals surface area contributed by atoms with Crippen LogP contribution in [-0.4, -0.2) is 45.3 Å². The van der Waals surface area contributed by atoms with Crippen LogP contribution in [0.5, 0.6) is 5.75 Å². The zero-order valence-corrected chi connectivity index (χ0v) is 12.8. The molecule has 0 fully saturated rings. The summed E-state index contributed by atoms with van der Waals surface area (Å²) >= 11 is 0. The first-order valence-corrected chi connectivity index (χ1v) is 8.53. The van der Waals surface area contributed by atoms with Gasteiger partial charge in [0.2, 0.25) is 0 Å². The zero-order valence-electron chi connectivity index (χ0n) is 12.0. The van der Waals surface area contributed by atoms with Crippen molar-refractivity contribution in [3.63, 3.8) is 0 Å². The van der Waals surface area contributed by atoms with E-state index in [-0.39, 0.29) is 0 Å². The van der Waals surface area contributed by atoms with Gasteiger partial charge in [-0.05, 0) is 6.07 Å². The van der Waals surface area contributed by atoms with Crippen molar-refractivity contribution in [2.24, 2.45) is 4.99 Å². The van der Waals surface area contributed by atoms with Gasteiger partial charge in [-0.2, -0.15) is 0 Å². The quantitative estimate of drug-likeness (QED) is 0.916. The Kier molecular flexibility index (Phi) is 3.36. The Morgan fingerprint density at radius 1 is 1.43 bits per heavy atom. The highest BCUT2D eigenvalue weighted by Gasteiger charge is 2.20. The van der Waals surface area contributed by atoms with E-state index in [1.165, 1.54) is 6.26 Å². The van der Waals surface area contributed by atoms with E-state index in [9.17, 15) is 8.42 Å². The molecule has 2 heterocycles. The third-order valence-corrected chi connectivity index (χ3v) is 4.63. The van der Waals surface area contributed by atoms with Gasteiger partial charge in [-0.25, -0.2) is 8.42 Å². The summed E-state index contributed by atoms with van der Waals surface area (Å²) in [6.07, 6.45) is 2.88. The molecular formula is C14H17N3O3S. The van der Waals surface area contributed by atoms with Crippen molar-refractivity contribution >= 4 is 26.6 Å². The number of aliphatic imine (C=N–C) groups is 1. The van der Waals surface area contributed by atoms with Crippen LogP contribution in [0.3, 0.4) is 0 Å². The molecule has 2 aromatic rings. The van der Waals surface area contributed by atoms with Crippen LogP contribution in [-0.2, 0) is 16.4 Å². The Morgan fingerprint density at radius 3 is 2.86 bits per heavy atom. The third-order valence-electron chi connectivity index (χ3n) is 3.51. The summed E-state index contributed by atoms with van der Waals surface area (Å²) in [5, 5.41) is 3.87. The lowest BCUT2D eigenvalue weighted by molar-refractivity contribution is 0.417. The predicted molar refractivity (Wildman–Crippen MR) is 81.9 cm³/mol. The van der Waals surface area contributed by atoms with Crippen LogP contribution in [0.4, 0.5) is 0 Å². The third kappa shape index (κ3) is 2.49. The summed E-state index contributed by atoms with van der Waals surface area (Å²) in [5.41, 5.74) is 0.775. The molecule has 0 amide bonds. The molecule has 1 aromatic heterocycles. The molecule has 3 rings (SSSR count). The molecule has 0 bridgehead atoms. The van der Waals surface area contributed by atoms with Crippen LogP contribution < -0.4 is 10.1 Å². The van der Waals surface area contributed by atoms with Crippen molar-refractivity contribution < 1.29 is 13.2 Å². The van der Waals surface area contributed by atoms with E-state index >= 15 is 0 Å². The summed E-state index contributed by atoms with van der Waals surface area (Å²) in [6, 6.07) is 5.43. The lowest BCUT2D eigenvalue weighted by Crippen LogP contribution is -2.23. The number of nitrogens with one attached hydrogen (secondary N) is 1. The molecule has 21 heavy (non-hydrogen) atoms. The first-order valence-electron chi connectivity index (χ1n) is 6.64. The van der Waals surface area contributed by atoms with Crippen molar-refractivity contribution in [2.75, 3.05) is 26.5 Å². The van der Waals surface area contributed by atoms with Gasteiger partial charge in [0.05, 0.1) is 30.6 Å². The number of hydrogen-bond donors (Lipinski definition) is 1. The van der Waals surface area contributed by atoms with Gasteiger partial charge in [-0.1, -0.05) is 12.1 Å². The molecular weight excluding hydrogens is 290 g/mol. The van der Waals surface area contributed by atoms with Gasteiger partial charge in [0.1, 0.15) is 11.6 Å². The molecule has 0 aliphatic carbocycles. The fraction of sp³-hybridized carbons (Fsp3) is 0.357. The Balaban J connectivity index is 2.22. The highest BCUT2D eigenvalue weighted by Crippen LogP contribution is 2.32. The average Bonchev–Trinajstić information content (AvgIpc) is 3.06. The highest BCUT2D eigenvalue weighted by molar-refractivity contribution is 7.91. The lowest BCUT2D eigenvalue weighted by atomic mass is 10.2. The minimum Gasteiger partial charge on any atom is -0.495 e. The number of benzene rings is 1. The number of aromatic nitrogens is 1. The summed E-state index contributed by atoms with van der Waals surface area (Å²) < 4.78 is 31.3. The molecule has 0 saturated carbocycles. The number of rotatable bonds is 4. The van der Waals surface area contributed by atoms with Crippen LogP contribution in [0.2, 0.25) is 0 Å². The summed E-state index contributed by atoms with van der Waals surface area (Å²) in [6.45, 7) is 2.08. The second-order valence-electron chi connectivity index (χ2n) is 5.01. The Hall–Kier alpha value is -2.02. The number of sulfone groups is 1. The monoisotopic (exact) mass is 307 g/mol. The van der Waals surface area contributed by atoms with E-state index in [4.69, 9.17) is 4.74 Å². The maximum absolute atomic E-state index is 12.0. The van der Waals surface area contributed by atoms with Gasteiger partial charge in [0, 0.05) is 24.4 Å². The molecule has 0 spiro atoms. The molecule has 0 saturated heterocycles. The number of para-hydroxylation sites is 1. The van der Waals surface area contributed by atoms with E-state index < -0.39 is 9.84 Å². The van der Waals surface area contributed by atoms with Gasteiger partial charge >= 0.3 is 0 Å². The fourth-order valence-electron chi connectivity index (χ4n) is 2.59. The Labute approximate surface area is 123 Å². The van der Waals surface area contributed by atoms with Crippen molar-refractivity contribution in [3.8, 4) is 5.75 Å². The summed E-state index contributed by atoms with van der Waals surface area (Å²) in [4.78, 5) is 4.67. The van der Waals surface area contributed by atoms with Gasteiger partial charge in [-0.15, -0.1) is 0 Å². The second-order valence-corrected chi connectivity index (χ2v) is 6.99. The van der Waals surface area contributed by atoms with Crippen molar-refractivity contribution in [2.45, 2.75) is 11.4 Å². The first-order chi connectivity index (χ1) is 10.0. The summed E-state index contributed by atoms with van der Waals surface area (Å²) in [5.74, 6) is 1.51. The van der Waals surface area contributed by atoms with E-state index in [2.05, 4.69) is 10.3 Å². The smallest absolute Gasteiger partial charge is 0.177 e. The number of ether oxygens (including phenoxy) is 1. The normalized spacial score (nSPS) is 15.0. The van der Waals surface area contributed by atoms with Gasteiger partial charge in [-0.3, -0.25) is 4.99 Å². The minimum absolute atomic E-state index is 0.315. The van der Waals surface area contributed by atoms with E-state index in [1.54, 1.807) is 25.4 Å². The second kappa shape index (κ2) is 5.07. The number of hydrogen-bond acceptors (Lipinski definition) is 5. The van der Waals surface area contributed by atoms with E-state index in [0.717, 1.165) is 24.4 Å². The molecule has 112 valence electrons. The molecule has 7 heteroatoms. The zero-order chi connectivity index (χ0) is 15.0. The molecule has 0 radical (unpaired) electrons. The van der Waals surface area contributed by atoms with Crippen LogP contribution in [0, 0.1) is 0 Å². The van der Waals surface area contributed by atoms with Crippen LogP contribution >= 0.6 is 0 Å². The SMILES string of the molecule is COc1cccc2c(S(C)(=O)=O)cn(CC3=NCCN3)c12. The number of methoxy groups -OCH3 is 1. The van der Waals surface area contributed by atoms with Crippen LogP contribution in [0.1, 0.15) is 0 Å². The van der Waals surface area contributed by atoms with E-state index in [0.29, 0.717) is 22.6 Å². The Bertz CT molecular complexity index is 821. The van der Waals surface area contributed by atoms with Crippen LogP contribution in [0.25, 0.3) is 10.9 Å². The fourth-order valence-corrected chi connectivity index (χ4v) is 3.48. The van der Waals surface area contributed by atoms with Gasteiger partial charge in [0.15, 0.2) is 9.84 Å². The first kappa shape index (κ1) is 13.9. The Morgan fingerprint density at radius 2 is 2.24 bits per heavy atom. The molecule has 1 aliphatic rings. The predicted octanol–water partition coefficient (Wildman–Crippen LogP) is 1.06. The van der Waals surface area contributed by atoms with Crippen molar-refractivity contribution in [3.05, 3.63) is 24.4 Å². The number of amidine groups is 1. The van der Waals surface area contributed by atoms with Crippen molar-refractivity contribution in [1.29, 1.82) is 0 Å². The van der Waals surface area contributed by atoms with Crippen LogP contribution in [0.15, 0.2) is 34.3 Å². The van der Waals surface area contributed by atoms with E-state index in [1.807, 2.05) is 10.6 Å². The summed E-state index contributed by atoms with van der Waals surface area (Å²) in [7, 11) is -1.72. The van der Waals surface area contributed by atoms with Crippen molar-refractivity contribution in [1.82, 2.24) is 9.88 Å². The standard InChI is InChI=1S/C14H17N3O3S/c1-20-11-5-3-4-10-12(21(2,18)19)8-17(14(10)11)9-13-15-6-7-16-13/h3-5,8H,6-7,9H2,1-2H3,(H,15,16). The maximum atomic E-state index is 12.0. The molecule has 1 N–H and O–H groups in total. The maximum Gasteiger partial charge on any atom is 0.177 e. The largest absolute Gasteiger partial charge is 0.495 e. The van der Waals surface area contributed by atoms with Gasteiger partial charge in [0.25, 0.3) is 0 Å². The molecule has 1 aromatic carbocycles. The number of nitrogens with zero attached hydrogens (tertiary/aromatic N) is 2.